The summed E-state index contributed by atoms with van der Waals surface area (Å²) in [6, 6.07) is 4.39. The highest BCUT2D eigenvalue weighted by atomic mass is 33.1. The summed E-state index contributed by atoms with van der Waals surface area (Å²) < 4.78 is 41.3. The van der Waals surface area contributed by atoms with E-state index >= 15 is 0 Å². The van der Waals surface area contributed by atoms with Crippen molar-refractivity contribution in [1.82, 2.24) is 9.88 Å². The molecule has 2 N–H and O–H groups in total. The summed E-state index contributed by atoms with van der Waals surface area (Å²) in [6.07, 6.45) is 11.1. The van der Waals surface area contributed by atoms with Gasteiger partial charge >= 0.3 is 12.1 Å². The number of ketones is 3. The number of esters is 1. The van der Waals surface area contributed by atoms with Crippen molar-refractivity contribution in [2.24, 2.45) is 35.5 Å². The van der Waals surface area contributed by atoms with E-state index in [9.17, 15) is 39.0 Å². The molecule has 4 aliphatic rings. The van der Waals surface area contributed by atoms with E-state index in [0.717, 1.165) is 10.6 Å². The third-order valence-electron chi connectivity index (χ3n) is 15.8. The number of allylic oxidation sites excluding steroid dienone is 6. The molecule has 1 aromatic heterocycles. The number of hydrogen-bond donors (Lipinski definition) is 2. The van der Waals surface area contributed by atoms with Gasteiger partial charge in [-0.3, -0.25) is 19.2 Å². The van der Waals surface area contributed by atoms with Gasteiger partial charge in [0.25, 0.3) is 11.7 Å². The normalized spacial score (nSPS) is 35.5. The number of Topliss-reactive ketones (excluding diaryl/α,β-unsaturated/α-hetero) is 3. The number of aliphatic hydroxyl groups excluding tert-OH is 1. The molecule has 15 atom stereocenters. The first-order valence-electron chi connectivity index (χ1n) is 27.7. The number of piperidine rings is 1. The Morgan fingerprint density at radius 3 is 2.37 bits per heavy atom. The number of rotatable bonds is 12. The molecule has 0 spiro atoms. The first-order chi connectivity index (χ1) is 37.2. The van der Waals surface area contributed by atoms with E-state index in [4.69, 9.17) is 33.2 Å². The number of cyclic esters (lactones) is 1. The number of aromatic nitrogens is 1. The van der Waals surface area contributed by atoms with Crippen molar-refractivity contribution < 1.29 is 72.1 Å². The second-order valence-electron chi connectivity index (χ2n) is 21.9. The van der Waals surface area contributed by atoms with Crippen LogP contribution in [-0.2, 0) is 57.1 Å². The zero-order valence-electron chi connectivity index (χ0n) is 47.4. The largest absolute Gasteiger partial charge is 0.509 e. The molecule has 78 heavy (non-hydrogen) atoms. The van der Waals surface area contributed by atoms with Crippen LogP contribution in [0.25, 0.3) is 0 Å². The van der Waals surface area contributed by atoms with Gasteiger partial charge in [0, 0.05) is 70.4 Å². The van der Waals surface area contributed by atoms with E-state index < -0.39 is 95.9 Å². The standard InChI is InChI=1S/C59H86N2O15S2/c1-36-18-12-11-13-19-37(2)48(70-8)34-44-24-22-42(7)59(69,76-44)55(65)56(66)61-27-17-15-20-45(61)57(67)74-49(39(4)32-43-23-25-46(62)50(33-43)71-9)35-47(63)38(3)31-41(6)53(54(72-10)52(64)40(5)30-36)75-58(68)73-28-29-77-78-51-21-14-16-26-60-51/h11-14,16,18-19,21,26,31,36,38-40,42-46,48-50,53-54,62,69H,15,17,20,22-25,27-30,32-35H2,1-10H3/b13-11+,18-12+,37-19+,41-31+/t36-,38-,39-,40-,42-,43+,44+,45+,46-,48+,49+,50-,53-,54+,59-/m1/s1. The van der Waals surface area contributed by atoms with Gasteiger partial charge in [0.05, 0.1) is 24.4 Å². The minimum atomic E-state index is -2.46. The zero-order valence-corrected chi connectivity index (χ0v) is 49.0. The Morgan fingerprint density at radius 2 is 1.67 bits per heavy atom. The molecular weight excluding hydrogens is 1040 g/mol. The Morgan fingerprint density at radius 1 is 0.897 bits per heavy atom. The molecule has 1 aromatic rings. The number of hydrogen-bond acceptors (Lipinski definition) is 18. The second-order valence-corrected chi connectivity index (χ2v) is 24.3. The summed E-state index contributed by atoms with van der Waals surface area (Å²) in [7, 11) is 7.37. The van der Waals surface area contributed by atoms with Gasteiger partial charge in [-0.25, -0.2) is 14.6 Å². The van der Waals surface area contributed by atoms with Crippen LogP contribution in [0.1, 0.15) is 126 Å². The first-order valence-corrected chi connectivity index (χ1v) is 30.1. The Balaban J connectivity index is 1.49. The first kappa shape index (κ1) is 64.6. The van der Waals surface area contributed by atoms with Crippen LogP contribution in [-0.4, -0.2) is 150 Å². The molecule has 0 unspecified atom stereocenters. The van der Waals surface area contributed by atoms with Crippen molar-refractivity contribution >= 4 is 57.0 Å². The van der Waals surface area contributed by atoms with Crippen molar-refractivity contribution in [3.05, 3.63) is 72.0 Å². The maximum absolute atomic E-state index is 14.6. The lowest BCUT2D eigenvalue weighted by Gasteiger charge is -2.42. The maximum Gasteiger partial charge on any atom is 0.509 e. The highest BCUT2D eigenvalue weighted by Gasteiger charge is 2.53. The van der Waals surface area contributed by atoms with Gasteiger partial charge in [-0.1, -0.05) is 87.9 Å². The van der Waals surface area contributed by atoms with Gasteiger partial charge in [-0.2, -0.15) is 0 Å². The molecule has 1 amide bonds. The number of amides is 1. The molecule has 4 heterocycles. The second kappa shape index (κ2) is 31.7. The average molecular weight is 1130 g/mol. The van der Waals surface area contributed by atoms with Crippen LogP contribution in [0.5, 0.6) is 0 Å². The smallest absolute Gasteiger partial charge is 0.460 e. The molecule has 3 fully saturated rings. The van der Waals surface area contributed by atoms with Crippen molar-refractivity contribution in [2.75, 3.05) is 40.2 Å². The third-order valence-corrected chi connectivity index (χ3v) is 18.1. The van der Waals surface area contributed by atoms with E-state index in [-0.39, 0.29) is 55.5 Å². The fraction of sp³-hybridized carbons (Fsp3) is 0.678. The van der Waals surface area contributed by atoms with Crippen LogP contribution in [0.3, 0.4) is 0 Å². The number of nitrogens with zero attached hydrogens (tertiary/aromatic N) is 2. The Labute approximate surface area is 469 Å². The van der Waals surface area contributed by atoms with Crippen LogP contribution < -0.4 is 0 Å². The highest BCUT2D eigenvalue weighted by Crippen LogP contribution is 2.38. The van der Waals surface area contributed by atoms with Crippen molar-refractivity contribution in [3.8, 4) is 0 Å². The summed E-state index contributed by atoms with van der Waals surface area (Å²) in [5, 5.41) is 23.4. The van der Waals surface area contributed by atoms with Crippen LogP contribution in [0.2, 0.25) is 0 Å². The van der Waals surface area contributed by atoms with E-state index in [2.05, 4.69) is 4.98 Å². The molecule has 2 bridgehead atoms. The maximum atomic E-state index is 14.6. The Bertz CT molecular complexity index is 2280. The number of ether oxygens (including phenoxy) is 7. The predicted molar refractivity (Wildman–Crippen MR) is 298 cm³/mol. The SMILES string of the molecule is CO[C@H]1C[C@@H]2CC[C@@H](C)[C@@](O)(O2)C(=O)C(=O)N2CCCC[C@H]2C(=O)O[C@H]([C@H](C)C[C@@H]2CC[C@@H](O)[C@H](OC)C2)CC(=O)[C@H](C)/C=C(\C)[C@@H](OC(=O)OCCSSc2ccccn2)[C@@H](OC)C(=O)[C@H](C)C[C@H](C)/C=C/C=C/C=C/1C. The molecule has 2 saturated heterocycles. The van der Waals surface area contributed by atoms with Crippen LogP contribution >= 0.6 is 21.6 Å². The lowest BCUT2D eigenvalue weighted by molar-refractivity contribution is -0.265. The van der Waals surface area contributed by atoms with Crippen molar-refractivity contribution in [1.29, 1.82) is 0 Å². The molecule has 0 radical (unpaired) electrons. The number of methoxy groups -OCH3 is 3. The molecular formula is C59H86N2O15S2. The monoisotopic (exact) mass is 1130 g/mol. The number of carbonyl (C=O) groups excluding carboxylic acids is 6. The highest BCUT2D eigenvalue weighted by molar-refractivity contribution is 8.76. The van der Waals surface area contributed by atoms with Gasteiger partial charge in [0.15, 0.2) is 18.0 Å². The molecule has 434 valence electrons. The van der Waals surface area contributed by atoms with Gasteiger partial charge in [0.1, 0.15) is 29.6 Å². The minimum absolute atomic E-state index is 0.00155. The quantitative estimate of drug-likeness (QED) is 0.0654. The molecule has 1 aliphatic carbocycles. The Hall–Kier alpha value is -4.21. The minimum Gasteiger partial charge on any atom is -0.460 e. The summed E-state index contributed by atoms with van der Waals surface area (Å²) in [5.74, 6) is -8.19. The fourth-order valence-corrected chi connectivity index (χ4v) is 12.8. The van der Waals surface area contributed by atoms with Gasteiger partial charge < -0.3 is 48.3 Å². The summed E-state index contributed by atoms with van der Waals surface area (Å²) in [6.45, 7) is 12.6. The van der Waals surface area contributed by atoms with E-state index in [0.29, 0.717) is 75.5 Å². The van der Waals surface area contributed by atoms with Crippen molar-refractivity contribution in [2.45, 2.75) is 185 Å². The van der Waals surface area contributed by atoms with Crippen molar-refractivity contribution in [3.63, 3.8) is 0 Å². The van der Waals surface area contributed by atoms with Crippen LogP contribution in [0.15, 0.2) is 77.0 Å². The van der Waals surface area contributed by atoms with Crippen LogP contribution in [0, 0.1) is 35.5 Å². The van der Waals surface area contributed by atoms with E-state index in [1.807, 2.05) is 69.4 Å². The number of carbonyl (C=O) groups is 6. The Kier molecular flexibility index (Phi) is 26.3. The molecule has 1 saturated carbocycles. The van der Waals surface area contributed by atoms with Crippen LogP contribution in [0.4, 0.5) is 4.79 Å². The average Bonchev–Trinajstić information content (AvgIpc) is 3.43. The molecule has 19 heteroatoms. The lowest BCUT2D eigenvalue weighted by atomic mass is 9.78. The summed E-state index contributed by atoms with van der Waals surface area (Å²) in [4.78, 5) is 91.3. The molecule has 17 nitrogen and oxygen atoms in total. The number of fused-ring (bicyclic) bond motifs is 3. The van der Waals surface area contributed by atoms with E-state index in [1.54, 1.807) is 54.2 Å². The van der Waals surface area contributed by atoms with Gasteiger partial charge in [-0.15, -0.1) is 0 Å². The summed E-state index contributed by atoms with van der Waals surface area (Å²) >= 11 is 0. The van der Waals surface area contributed by atoms with Gasteiger partial charge in [0.2, 0.25) is 5.79 Å². The van der Waals surface area contributed by atoms with Gasteiger partial charge in [-0.05, 0) is 130 Å². The topological polar surface area (TPSA) is 224 Å². The molecule has 3 aliphatic heterocycles. The third kappa shape index (κ3) is 18.4. The zero-order chi connectivity index (χ0) is 57.1. The molecule has 0 aromatic carbocycles. The predicted octanol–water partition coefficient (Wildman–Crippen LogP) is 9.18. The summed E-state index contributed by atoms with van der Waals surface area (Å²) in [5.41, 5.74) is 1.22. The fourth-order valence-electron chi connectivity index (χ4n) is 11.1. The lowest BCUT2D eigenvalue weighted by Crippen LogP contribution is -2.61. The van der Waals surface area contributed by atoms with E-state index in [1.165, 1.54) is 33.6 Å². The molecule has 5 rings (SSSR count). The number of pyridine rings is 1. The number of aliphatic hydroxyl groups is 2.